The minimum atomic E-state index is -0.256. The van der Waals surface area contributed by atoms with E-state index in [9.17, 15) is 4.79 Å². The Labute approximate surface area is 113 Å². The summed E-state index contributed by atoms with van der Waals surface area (Å²) >= 11 is 0. The van der Waals surface area contributed by atoms with Gasteiger partial charge < -0.3 is 5.73 Å². The molecule has 0 radical (unpaired) electrons. The zero-order chi connectivity index (χ0) is 14.6. The fourth-order valence-electron chi connectivity index (χ4n) is 1.78. The summed E-state index contributed by atoms with van der Waals surface area (Å²) in [5, 5.41) is 0. The number of urea groups is 1. The molecule has 0 bridgehead atoms. The van der Waals surface area contributed by atoms with Gasteiger partial charge in [0.05, 0.1) is 5.70 Å². The molecule has 0 aromatic rings. The second-order valence-electron chi connectivity index (χ2n) is 3.88. The van der Waals surface area contributed by atoms with Crippen LogP contribution in [0.1, 0.15) is 6.92 Å². The van der Waals surface area contributed by atoms with E-state index < -0.39 is 0 Å². The quantitative estimate of drug-likeness (QED) is 0.787. The van der Waals surface area contributed by atoms with Crippen molar-refractivity contribution in [2.75, 3.05) is 7.05 Å². The van der Waals surface area contributed by atoms with Crippen LogP contribution in [-0.4, -0.2) is 28.7 Å². The first-order chi connectivity index (χ1) is 8.99. The number of hydrogen-bond donors (Lipinski definition) is 1. The molecule has 0 atom stereocenters. The number of carbonyl (C=O) groups excluding carboxylic acids is 1. The molecule has 1 aliphatic rings. The number of likely N-dealkylation sites (N-methyl/N-ethyl adjacent to an activating group) is 1. The summed E-state index contributed by atoms with van der Waals surface area (Å²) in [4.78, 5) is 19.3. The lowest BCUT2D eigenvalue weighted by Crippen LogP contribution is -2.29. The Morgan fingerprint density at radius 3 is 2.42 bits per heavy atom. The average molecular weight is 258 g/mol. The van der Waals surface area contributed by atoms with E-state index in [0.29, 0.717) is 22.9 Å². The summed E-state index contributed by atoms with van der Waals surface area (Å²) in [5.74, 6) is 0.455. The highest BCUT2D eigenvalue weighted by Gasteiger charge is 2.38. The third kappa shape index (κ3) is 2.49. The molecule has 1 fully saturated rings. The number of aliphatic imine (C=N–C) groups is 1. The van der Waals surface area contributed by atoms with Crippen LogP contribution in [0.2, 0.25) is 0 Å². The third-order valence-electron chi connectivity index (χ3n) is 2.57. The first-order valence-corrected chi connectivity index (χ1v) is 5.68. The molecular formula is C14H18N4O. The van der Waals surface area contributed by atoms with E-state index in [-0.39, 0.29) is 6.03 Å². The highest BCUT2D eigenvalue weighted by molar-refractivity contribution is 6.15. The first kappa shape index (κ1) is 14.5. The van der Waals surface area contributed by atoms with E-state index >= 15 is 0 Å². The predicted molar refractivity (Wildman–Crippen MR) is 78.0 cm³/mol. The van der Waals surface area contributed by atoms with Crippen molar-refractivity contribution in [2.45, 2.75) is 6.92 Å². The molecule has 19 heavy (non-hydrogen) atoms. The molecule has 0 saturated carbocycles. The second-order valence-corrected chi connectivity index (χ2v) is 3.88. The standard InChI is InChI=1S/C14H18N4O/c1-6-9-11(7-2)18-12(10(4)15)13(16-8-3)17(5)14(18)19/h6-9H,1-3,15H2,4-5H3/b11-9+,12-10-,16-13+. The number of carbonyl (C=O) groups is 1. The van der Waals surface area contributed by atoms with Crippen LogP contribution < -0.4 is 5.73 Å². The Morgan fingerprint density at radius 1 is 1.37 bits per heavy atom. The van der Waals surface area contributed by atoms with Gasteiger partial charge in [-0.15, -0.1) is 0 Å². The Morgan fingerprint density at radius 2 is 2.00 bits per heavy atom. The number of nitrogens with two attached hydrogens (primary N) is 1. The van der Waals surface area contributed by atoms with Crippen LogP contribution in [0.25, 0.3) is 0 Å². The van der Waals surface area contributed by atoms with Crippen molar-refractivity contribution >= 4 is 11.9 Å². The van der Waals surface area contributed by atoms with Crippen LogP contribution in [0.15, 0.2) is 66.2 Å². The Kier molecular flexibility index (Phi) is 4.47. The largest absolute Gasteiger partial charge is 0.400 e. The van der Waals surface area contributed by atoms with Crippen molar-refractivity contribution in [1.29, 1.82) is 0 Å². The molecule has 5 nitrogen and oxygen atoms in total. The van der Waals surface area contributed by atoms with E-state index in [1.165, 1.54) is 16.0 Å². The average Bonchev–Trinajstić information content (AvgIpc) is 2.61. The van der Waals surface area contributed by atoms with Gasteiger partial charge in [-0.2, -0.15) is 0 Å². The van der Waals surface area contributed by atoms with Gasteiger partial charge in [-0.1, -0.05) is 25.8 Å². The molecule has 5 heteroatoms. The summed E-state index contributed by atoms with van der Waals surface area (Å²) in [6.45, 7) is 12.6. The van der Waals surface area contributed by atoms with Crippen LogP contribution >= 0.6 is 0 Å². The molecule has 0 spiro atoms. The molecule has 2 N–H and O–H groups in total. The van der Waals surface area contributed by atoms with Crippen LogP contribution in [0.3, 0.4) is 0 Å². The molecule has 0 aromatic heterocycles. The lowest BCUT2D eigenvalue weighted by atomic mass is 10.2. The van der Waals surface area contributed by atoms with Crippen molar-refractivity contribution in [1.82, 2.24) is 9.80 Å². The number of allylic oxidation sites excluding steroid dienone is 4. The van der Waals surface area contributed by atoms with Crippen molar-refractivity contribution in [3.63, 3.8) is 0 Å². The molecule has 1 heterocycles. The van der Waals surface area contributed by atoms with Gasteiger partial charge in [0.15, 0.2) is 5.84 Å². The second kappa shape index (κ2) is 5.86. The first-order valence-electron chi connectivity index (χ1n) is 5.68. The Hall–Kier alpha value is -2.56. The van der Waals surface area contributed by atoms with E-state index in [1.807, 2.05) is 0 Å². The maximum atomic E-state index is 12.3. The number of rotatable bonds is 4. The summed E-state index contributed by atoms with van der Waals surface area (Å²) in [6, 6.07) is -0.256. The van der Waals surface area contributed by atoms with Crippen molar-refractivity contribution in [3.05, 3.63) is 61.3 Å². The topological polar surface area (TPSA) is 61.9 Å². The monoisotopic (exact) mass is 258 g/mol. The lowest BCUT2D eigenvalue weighted by Gasteiger charge is -2.17. The number of hydrogen-bond acceptors (Lipinski definition) is 3. The van der Waals surface area contributed by atoms with Crippen LogP contribution in [0.4, 0.5) is 4.79 Å². The zero-order valence-electron chi connectivity index (χ0n) is 11.3. The molecule has 2 amide bonds. The molecular weight excluding hydrogens is 240 g/mol. The molecule has 1 rings (SSSR count). The summed E-state index contributed by atoms with van der Waals surface area (Å²) in [5.41, 5.74) is 7.47. The van der Waals surface area contributed by atoms with Gasteiger partial charge in [0.1, 0.15) is 5.70 Å². The highest BCUT2D eigenvalue weighted by Crippen LogP contribution is 2.27. The zero-order valence-corrected chi connectivity index (χ0v) is 11.3. The fraction of sp³-hybridized carbons (Fsp3) is 0.143. The lowest BCUT2D eigenvalue weighted by molar-refractivity contribution is 0.215. The van der Waals surface area contributed by atoms with Gasteiger partial charge in [-0.3, -0.25) is 9.80 Å². The molecule has 0 aromatic carbocycles. The van der Waals surface area contributed by atoms with Gasteiger partial charge >= 0.3 is 6.03 Å². The van der Waals surface area contributed by atoms with E-state index in [1.54, 1.807) is 32.2 Å². The van der Waals surface area contributed by atoms with E-state index in [0.717, 1.165) is 0 Å². The van der Waals surface area contributed by atoms with Crippen LogP contribution in [0, 0.1) is 0 Å². The highest BCUT2D eigenvalue weighted by atomic mass is 16.2. The van der Waals surface area contributed by atoms with E-state index in [4.69, 9.17) is 5.73 Å². The Bertz CT molecular complexity index is 522. The van der Waals surface area contributed by atoms with Crippen molar-refractivity contribution < 1.29 is 4.79 Å². The third-order valence-corrected chi connectivity index (χ3v) is 2.57. The van der Waals surface area contributed by atoms with Crippen molar-refractivity contribution in [2.24, 2.45) is 10.7 Å². The maximum absolute atomic E-state index is 12.3. The molecule has 0 unspecified atom stereocenters. The summed E-state index contributed by atoms with van der Waals surface area (Å²) in [7, 11) is 1.63. The maximum Gasteiger partial charge on any atom is 0.334 e. The fourth-order valence-corrected chi connectivity index (χ4v) is 1.78. The van der Waals surface area contributed by atoms with Gasteiger partial charge in [-0.25, -0.2) is 9.79 Å². The van der Waals surface area contributed by atoms with Crippen LogP contribution in [0.5, 0.6) is 0 Å². The number of nitrogens with zero attached hydrogens (tertiary/aromatic N) is 3. The SMILES string of the molecule is C=C/C=C(\C=C)N1C(=O)N(C)C(=N/C=C)/C1=C(\C)N. The Balaban J connectivity index is 3.51. The number of amides is 2. The normalized spacial score (nSPS) is 20.8. The van der Waals surface area contributed by atoms with Gasteiger partial charge in [0, 0.05) is 18.9 Å². The number of amidine groups is 1. The molecule has 1 aliphatic heterocycles. The predicted octanol–water partition coefficient (Wildman–Crippen LogP) is 2.34. The summed E-state index contributed by atoms with van der Waals surface area (Å²) < 4.78 is 0. The smallest absolute Gasteiger partial charge is 0.334 e. The van der Waals surface area contributed by atoms with Gasteiger partial charge in [0.25, 0.3) is 0 Å². The minimum Gasteiger partial charge on any atom is -0.400 e. The van der Waals surface area contributed by atoms with Gasteiger partial charge in [0.2, 0.25) is 0 Å². The summed E-state index contributed by atoms with van der Waals surface area (Å²) in [6.07, 6.45) is 6.19. The molecule has 100 valence electrons. The van der Waals surface area contributed by atoms with Crippen LogP contribution in [-0.2, 0) is 0 Å². The van der Waals surface area contributed by atoms with Gasteiger partial charge in [-0.05, 0) is 19.1 Å². The van der Waals surface area contributed by atoms with E-state index in [2.05, 4.69) is 24.7 Å². The van der Waals surface area contributed by atoms with Crippen molar-refractivity contribution in [3.8, 4) is 0 Å². The molecule has 0 aliphatic carbocycles. The molecule has 1 saturated heterocycles. The minimum absolute atomic E-state index is 0.256.